The van der Waals surface area contributed by atoms with Gasteiger partial charge in [0.25, 0.3) is 5.56 Å². The van der Waals surface area contributed by atoms with Crippen molar-refractivity contribution < 1.29 is 10.0 Å². The van der Waals surface area contributed by atoms with Gasteiger partial charge in [-0.25, -0.2) is 0 Å². The second kappa shape index (κ2) is 5.26. The third kappa shape index (κ3) is 2.15. The standard InChI is InChI=1S/C13H13N5O3S/c1-5(18-21)7-8(6-3-2-4-22-6)9-10(15-11(7)19)16-13(14)17-12(9)20/h2-4,7-8,21H,1H3,(H4,14,15,16,17,19,20)/b18-5+/t7-,8-/m0/s1. The summed E-state index contributed by atoms with van der Waals surface area (Å²) in [7, 11) is 0. The first-order valence-corrected chi connectivity index (χ1v) is 7.33. The first-order valence-electron chi connectivity index (χ1n) is 6.45. The van der Waals surface area contributed by atoms with E-state index in [0.29, 0.717) is 5.56 Å². The van der Waals surface area contributed by atoms with Crippen LogP contribution in [0.2, 0.25) is 0 Å². The highest BCUT2D eigenvalue weighted by Crippen LogP contribution is 2.40. The summed E-state index contributed by atoms with van der Waals surface area (Å²) in [5.41, 5.74) is 5.64. The molecule has 0 saturated heterocycles. The summed E-state index contributed by atoms with van der Waals surface area (Å²) in [6.07, 6.45) is 0. The van der Waals surface area contributed by atoms with Crippen LogP contribution in [0.15, 0.2) is 27.5 Å². The lowest BCUT2D eigenvalue weighted by Crippen LogP contribution is -2.42. The highest BCUT2D eigenvalue weighted by Gasteiger charge is 2.42. The van der Waals surface area contributed by atoms with Crippen LogP contribution in [0.3, 0.4) is 0 Å². The van der Waals surface area contributed by atoms with E-state index in [1.54, 1.807) is 0 Å². The summed E-state index contributed by atoms with van der Waals surface area (Å²) in [5.74, 6) is -1.68. The summed E-state index contributed by atoms with van der Waals surface area (Å²) in [4.78, 5) is 32.0. The number of hydrogen-bond donors (Lipinski definition) is 4. The predicted octanol–water partition coefficient (Wildman–Crippen LogP) is 0.964. The maximum atomic E-state index is 12.4. The maximum absolute atomic E-state index is 12.4. The van der Waals surface area contributed by atoms with Gasteiger partial charge in [-0.15, -0.1) is 11.3 Å². The molecule has 9 heteroatoms. The van der Waals surface area contributed by atoms with Gasteiger partial charge in [0.15, 0.2) is 0 Å². The number of nitrogen functional groups attached to an aromatic ring is 1. The fraction of sp³-hybridized carbons (Fsp3) is 0.231. The van der Waals surface area contributed by atoms with E-state index < -0.39 is 23.3 Å². The summed E-state index contributed by atoms with van der Waals surface area (Å²) < 4.78 is 0. The van der Waals surface area contributed by atoms with Crippen molar-refractivity contribution in [3.8, 4) is 0 Å². The van der Waals surface area contributed by atoms with Crippen molar-refractivity contribution in [2.45, 2.75) is 12.8 Å². The van der Waals surface area contributed by atoms with Gasteiger partial charge in [-0.2, -0.15) is 4.98 Å². The summed E-state index contributed by atoms with van der Waals surface area (Å²) >= 11 is 1.41. The van der Waals surface area contributed by atoms with E-state index in [1.807, 2.05) is 17.5 Å². The molecule has 0 radical (unpaired) electrons. The molecule has 3 heterocycles. The van der Waals surface area contributed by atoms with Gasteiger partial charge in [0.1, 0.15) is 5.82 Å². The van der Waals surface area contributed by atoms with E-state index in [0.717, 1.165) is 4.88 Å². The average molecular weight is 319 g/mol. The molecule has 22 heavy (non-hydrogen) atoms. The van der Waals surface area contributed by atoms with Crippen LogP contribution in [0, 0.1) is 5.92 Å². The molecule has 3 rings (SSSR count). The number of carbonyl (C=O) groups excluding carboxylic acids is 1. The van der Waals surface area contributed by atoms with Gasteiger partial charge in [-0.05, 0) is 18.4 Å². The fourth-order valence-corrected chi connectivity index (χ4v) is 3.54. The molecule has 2 aromatic rings. The van der Waals surface area contributed by atoms with Gasteiger partial charge in [0.05, 0.1) is 17.2 Å². The monoisotopic (exact) mass is 319 g/mol. The zero-order chi connectivity index (χ0) is 15.9. The largest absolute Gasteiger partial charge is 0.411 e. The lowest BCUT2D eigenvalue weighted by atomic mass is 9.79. The van der Waals surface area contributed by atoms with Gasteiger partial charge in [-0.3, -0.25) is 14.6 Å². The number of amides is 1. The molecule has 1 aliphatic rings. The SMILES string of the molecule is C/C(=N\O)[C@@H]1C(=O)Nc2nc(N)[nH]c(=O)c2[C@H]1c1cccs1. The summed E-state index contributed by atoms with van der Waals surface area (Å²) in [5, 5.41) is 16.6. The second-order valence-electron chi connectivity index (χ2n) is 4.91. The van der Waals surface area contributed by atoms with Crippen LogP contribution in [0.25, 0.3) is 0 Å². The first kappa shape index (κ1) is 14.3. The number of thiophene rings is 1. The Kier molecular flexibility index (Phi) is 3.41. The molecule has 0 bridgehead atoms. The molecule has 0 aliphatic carbocycles. The Morgan fingerprint density at radius 3 is 2.91 bits per heavy atom. The molecule has 2 atom stereocenters. The van der Waals surface area contributed by atoms with E-state index in [-0.39, 0.29) is 17.5 Å². The minimum Gasteiger partial charge on any atom is -0.411 e. The Balaban J connectivity index is 2.28. The van der Waals surface area contributed by atoms with Crippen molar-refractivity contribution in [2.24, 2.45) is 11.1 Å². The molecule has 0 spiro atoms. The third-order valence-corrected chi connectivity index (χ3v) is 4.55. The Bertz CT molecular complexity index is 812. The molecule has 0 fully saturated rings. The Morgan fingerprint density at radius 2 is 2.27 bits per heavy atom. The number of nitrogens with zero attached hydrogens (tertiary/aromatic N) is 2. The average Bonchev–Trinajstić information content (AvgIpc) is 2.98. The minimum atomic E-state index is -0.789. The Labute approximate surface area is 128 Å². The van der Waals surface area contributed by atoms with Crippen LogP contribution in [-0.4, -0.2) is 26.8 Å². The van der Waals surface area contributed by atoms with Crippen molar-refractivity contribution in [3.05, 3.63) is 38.3 Å². The van der Waals surface area contributed by atoms with E-state index in [1.165, 1.54) is 18.3 Å². The number of anilines is 2. The van der Waals surface area contributed by atoms with Crippen LogP contribution in [0.5, 0.6) is 0 Å². The van der Waals surface area contributed by atoms with Gasteiger partial charge in [-0.1, -0.05) is 11.2 Å². The number of nitrogens with two attached hydrogens (primary N) is 1. The molecule has 0 saturated carbocycles. The lowest BCUT2D eigenvalue weighted by molar-refractivity contribution is -0.118. The number of hydrogen-bond acceptors (Lipinski definition) is 7. The predicted molar refractivity (Wildman–Crippen MR) is 82.4 cm³/mol. The van der Waals surface area contributed by atoms with Gasteiger partial charge < -0.3 is 16.3 Å². The first-order chi connectivity index (χ1) is 10.5. The maximum Gasteiger partial charge on any atom is 0.258 e. The number of H-pyrrole nitrogens is 1. The molecule has 114 valence electrons. The number of nitrogens with one attached hydrogen (secondary N) is 2. The zero-order valence-corrected chi connectivity index (χ0v) is 12.3. The lowest BCUT2D eigenvalue weighted by Gasteiger charge is -2.30. The van der Waals surface area contributed by atoms with E-state index in [2.05, 4.69) is 20.4 Å². The molecular weight excluding hydrogens is 306 g/mol. The number of oxime groups is 1. The molecule has 5 N–H and O–H groups in total. The minimum absolute atomic E-state index is 0.0695. The topological polar surface area (TPSA) is 133 Å². The summed E-state index contributed by atoms with van der Waals surface area (Å²) in [6, 6.07) is 3.65. The normalized spacial score (nSPS) is 21.3. The highest BCUT2D eigenvalue weighted by molar-refractivity contribution is 7.10. The summed E-state index contributed by atoms with van der Waals surface area (Å²) in [6.45, 7) is 1.54. The smallest absolute Gasteiger partial charge is 0.258 e. The van der Waals surface area contributed by atoms with Gasteiger partial charge in [0.2, 0.25) is 11.9 Å². The van der Waals surface area contributed by atoms with Crippen LogP contribution < -0.4 is 16.6 Å². The Morgan fingerprint density at radius 1 is 1.50 bits per heavy atom. The van der Waals surface area contributed by atoms with Crippen molar-refractivity contribution in [2.75, 3.05) is 11.1 Å². The van der Waals surface area contributed by atoms with Crippen molar-refractivity contribution >= 4 is 34.7 Å². The second-order valence-corrected chi connectivity index (χ2v) is 5.89. The van der Waals surface area contributed by atoms with Crippen LogP contribution >= 0.6 is 11.3 Å². The van der Waals surface area contributed by atoms with E-state index in [9.17, 15) is 9.59 Å². The molecule has 2 aromatic heterocycles. The number of aromatic amines is 1. The molecule has 1 aliphatic heterocycles. The molecular formula is C13H13N5O3S. The number of fused-ring (bicyclic) bond motifs is 1. The van der Waals surface area contributed by atoms with Crippen molar-refractivity contribution in [1.29, 1.82) is 0 Å². The van der Waals surface area contributed by atoms with Gasteiger partial charge in [0, 0.05) is 10.8 Å². The van der Waals surface area contributed by atoms with Crippen LogP contribution in [0.1, 0.15) is 23.3 Å². The number of carbonyl (C=O) groups is 1. The fourth-order valence-electron chi connectivity index (χ4n) is 2.66. The van der Waals surface area contributed by atoms with Crippen molar-refractivity contribution in [1.82, 2.24) is 9.97 Å². The van der Waals surface area contributed by atoms with Crippen LogP contribution in [0.4, 0.5) is 11.8 Å². The molecule has 0 aromatic carbocycles. The van der Waals surface area contributed by atoms with E-state index in [4.69, 9.17) is 10.9 Å². The van der Waals surface area contributed by atoms with Crippen molar-refractivity contribution in [3.63, 3.8) is 0 Å². The number of aromatic nitrogens is 2. The zero-order valence-electron chi connectivity index (χ0n) is 11.5. The van der Waals surface area contributed by atoms with Crippen LogP contribution in [-0.2, 0) is 4.79 Å². The number of rotatable bonds is 2. The quantitative estimate of drug-likeness (QED) is 0.372. The third-order valence-electron chi connectivity index (χ3n) is 3.60. The van der Waals surface area contributed by atoms with Gasteiger partial charge >= 0.3 is 0 Å². The molecule has 0 unspecified atom stereocenters. The Hall–Kier alpha value is -2.68. The molecule has 8 nitrogen and oxygen atoms in total. The molecule has 1 amide bonds. The van der Waals surface area contributed by atoms with E-state index >= 15 is 0 Å². The highest BCUT2D eigenvalue weighted by atomic mass is 32.1.